The standard InChI is InChI=1S/C21H25NO2/c23-20(22-16-21(24)13-7-8-14-21)15-19(17-9-3-1-4-10-17)18-11-5-2-6-12-18/h1-6,9-12,19,24H,7-8,13-16H2,(H,22,23). The number of nitrogens with one attached hydrogen (secondary N) is 1. The van der Waals surface area contributed by atoms with Gasteiger partial charge in [-0.1, -0.05) is 73.5 Å². The molecular weight excluding hydrogens is 298 g/mol. The zero-order chi connectivity index (χ0) is 16.8. The molecule has 1 amide bonds. The van der Waals surface area contributed by atoms with Gasteiger partial charge in [0.05, 0.1) is 5.60 Å². The number of carbonyl (C=O) groups is 1. The van der Waals surface area contributed by atoms with Crippen molar-refractivity contribution in [2.24, 2.45) is 0 Å². The minimum atomic E-state index is -0.704. The second-order valence-corrected chi connectivity index (χ2v) is 6.79. The molecule has 0 spiro atoms. The van der Waals surface area contributed by atoms with Crippen LogP contribution in [0.15, 0.2) is 60.7 Å². The molecule has 0 unspecified atom stereocenters. The highest BCUT2D eigenvalue weighted by Gasteiger charge is 2.31. The van der Waals surface area contributed by atoms with Crippen LogP contribution in [0.4, 0.5) is 0 Å². The summed E-state index contributed by atoms with van der Waals surface area (Å²) in [4.78, 5) is 12.5. The molecule has 0 heterocycles. The van der Waals surface area contributed by atoms with E-state index in [1.54, 1.807) is 0 Å². The predicted molar refractivity (Wildman–Crippen MR) is 95.8 cm³/mol. The lowest BCUT2D eigenvalue weighted by molar-refractivity contribution is -0.122. The summed E-state index contributed by atoms with van der Waals surface area (Å²) in [5, 5.41) is 13.3. The Morgan fingerprint density at radius 3 is 1.96 bits per heavy atom. The summed E-state index contributed by atoms with van der Waals surface area (Å²) in [5.74, 6) is 0.0265. The number of rotatable bonds is 6. The van der Waals surface area contributed by atoms with Crippen molar-refractivity contribution in [1.29, 1.82) is 0 Å². The summed E-state index contributed by atoms with van der Waals surface area (Å²) in [5.41, 5.74) is 1.57. The molecule has 126 valence electrons. The number of benzene rings is 2. The first kappa shape index (κ1) is 16.7. The van der Waals surface area contributed by atoms with Crippen LogP contribution < -0.4 is 5.32 Å². The molecule has 3 nitrogen and oxygen atoms in total. The Morgan fingerprint density at radius 2 is 1.46 bits per heavy atom. The Bertz CT molecular complexity index is 609. The van der Waals surface area contributed by atoms with Gasteiger partial charge in [-0.15, -0.1) is 0 Å². The third kappa shape index (κ3) is 4.24. The summed E-state index contributed by atoms with van der Waals surface area (Å²) < 4.78 is 0. The van der Waals surface area contributed by atoms with E-state index in [2.05, 4.69) is 29.6 Å². The molecule has 1 fully saturated rings. The summed E-state index contributed by atoms with van der Waals surface area (Å²) in [6.45, 7) is 0.363. The zero-order valence-electron chi connectivity index (χ0n) is 13.9. The Hall–Kier alpha value is -2.13. The summed E-state index contributed by atoms with van der Waals surface area (Å²) in [6, 6.07) is 20.3. The van der Waals surface area contributed by atoms with Crippen LogP contribution in [0.5, 0.6) is 0 Å². The van der Waals surface area contributed by atoms with Gasteiger partial charge in [-0.05, 0) is 24.0 Å². The fourth-order valence-electron chi connectivity index (χ4n) is 3.53. The van der Waals surface area contributed by atoms with E-state index in [4.69, 9.17) is 0 Å². The van der Waals surface area contributed by atoms with Gasteiger partial charge >= 0.3 is 0 Å². The van der Waals surface area contributed by atoms with Crippen molar-refractivity contribution in [3.05, 3.63) is 71.8 Å². The van der Waals surface area contributed by atoms with Crippen molar-refractivity contribution in [1.82, 2.24) is 5.32 Å². The predicted octanol–water partition coefficient (Wildman–Crippen LogP) is 3.63. The number of hydrogen-bond donors (Lipinski definition) is 2. The molecule has 2 aromatic rings. The van der Waals surface area contributed by atoms with Gasteiger partial charge in [0.25, 0.3) is 0 Å². The van der Waals surface area contributed by atoms with E-state index >= 15 is 0 Å². The van der Waals surface area contributed by atoms with Crippen LogP contribution in [-0.4, -0.2) is 23.2 Å². The molecule has 1 aliphatic rings. The Kier molecular flexibility index (Phi) is 5.31. The molecule has 1 saturated carbocycles. The Morgan fingerprint density at radius 1 is 0.958 bits per heavy atom. The van der Waals surface area contributed by atoms with Crippen molar-refractivity contribution in [2.45, 2.75) is 43.6 Å². The quantitative estimate of drug-likeness (QED) is 0.853. The first-order chi connectivity index (χ1) is 11.7. The number of aliphatic hydroxyl groups is 1. The van der Waals surface area contributed by atoms with Crippen molar-refractivity contribution < 1.29 is 9.90 Å². The molecule has 24 heavy (non-hydrogen) atoms. The highest BCUT2D eigenvalue weighted by atomic mass is 16.3. The van der Waals surface area contributed by atoms with Crippen LogP contribution in [0.3, 0.4) is 0 Å². The molecule has 0 radical (unpaired) electrons. The average molecular weight is 323 g/mol. The first-order valence-corrected chi connectivity index (χ1v) is 8.75. The highest BCUT2D eigenvalue weighted by molar-refractivity contribution is 5.77. The van der Waals surface area contributed by atoms with Gasteiger partial charge in [-0.3, -0.25) is 4.79 Å². The van der Waals surface area contributed by atoms with Crippen LogP contribution in [0.2, 0.25) is 0 Å². The molecule has 2 aromatic carbocycles. The zero-order valence-corrected chi connectivity index (χ0v) is 13.9. The van der Waals surface area contributed by atoms with Crippen LogP contribution in [-0.2, 0) is 4.79 Å². The maximum atomic E-state index is 12.5. The summed E-state index contributed by atoms with van der Waals surface area (Å²) >= 11 is 0. The van der Waals surface area contributed by atoms with Gasteiger partial charge in [0, 0.05) is 18.9 Å². The maximum Gasteiger partial charge on any atom is 0.221 e. The molecule has 3 rings (SSSR count). The molecule has 0 saturated heterocycles. The van der Waals surface area contributed by atoms with E-state index in [1.165, 1.54) is 0 Å². The first-order valence-electron chi connectivity index (χ1n) is 8.75. The number of carbonyl (C=O) groups excluding carboxylic acids is 1. The van der Waals surface area contributed by atoms with Gasteiger partial charge in [0.1, 0.15) is 0 Å². The molecule has 0 atom stereocenters. The van der Waals surface area contributed by atoms with Crippen molar-refractivity contribution >= 4 is 5.91 Å². The minimum Gasteiger partial charge on any atom is -0.388 e. The lowest BCUT2D eigenvalue weighted by atomic mass is 9.88. The minimum absolute atomic E-state index is 0.00645. The topological polar surface area (TPSA) is 49.3 Å². The maximum absolute atomic E-state index is 12.5. The smallest absolute Gasteiger partial charge is 0.221 e. The molecule has 0 aliphatic heterocycles. The Labute approximate surface area is 143 Å². The lowest BCUT2D eigenvalue weighted by Gasteiger charge is -2.23. The second-order valence-electron chi connectivity index (χ2n) is 6.79. The third-order valence-electron chi connectivity index (χ3n) is 4.94. The van der Waals surface area contributed by atoms with E-state index in [9.17, 15) is 9.90 Å². The molecule has 0 aromatic heterocycles. The second kappa shape index (κ2) is 7.63. The molecule has 2 N–H and O–H groups in total. The normalized spacial score (nSPS) is 16.2. The van der Waals surface area contributed by atoms with E-state index in [-0.39, 0.29) is 11.8 Å². The molecular formula is C21H25NO2. The van der Waals surface area contributed by atoms with Gasteiger partial charge < -0.3 is 10.4 Å². The van der Waals surface area contributed by atoms with E-state index < -0.39 is 5.60 Å². The fraction of sp³-hybridized carbons (Fsp3) is 0.381. The lowest BCUT2D eigenvalue weighted by Crippen LogP contribution is -2.41. The van der Waals surface area contributed by atoms with Gasteiger partial charge in [-0.25, -0.2) is 0 Å². The molecule has 3 heteroatoms. The van der Waals surface area contributed by atoms with Crippen molar-refractivity contribution in [3.8, 4) is 0 Å². The fourth-order valence-corrected chi connectivity index (χ4v) is 3.53. The van der Waals surface area contributed by atoms with E-state index in [0.717, 1.165) is 36.8 Å². The van der Waals surface area contributed by atoms with Crippen LogP contribution in [0, 0.1) is 0 Å². The van der Waals surface area contributed by atoms with Crippen LogP contribution >= 0.6 is 0 Å². The SMILES string of the molecule is O=C(CC(c1ccccc1)c1ccccc1)NCC1(O)CCCC1. The van der Waals surface area contributed by atoms with E-state index in [0.29, 0.717) is 13.0 Å². The van der Waals surface area contributed by atoms with Gasteiger partial charge in [0.2, 0.25) is 5.91 Å². The van der Waals surface area contributed by atoms with Crippen molar-refractivity contribution in [3.63, 3.8) is 0 Å². The summed E-state index contributed by atoms with van der Waals surface area (Å²) in [6.07, 6.45) is 4.05. The van der Waals surface area contributed by atoms with Crippen molar-refractivity contribution in [2.75, 3.05) is 6.54 Å². The van der Waals surface area contributed by atoms with Gasteiger partial charge in [0.15, 0.2) is 0 Å². The highest BCUT2D eigenvalue weighted by Crippen LogP contribution is 2.30. The van der Waals surface area contributed by atoms with Gasteiger partial charge in [-0.2, -0.15) is 0 Å². The Balaban J connectivity index is 1.69. The monoisotopic (exact) mass is 323 g/mol. The number of amides is 1. The number of hydrogen-bond acceptors (Lipinski definition) is 2. The molecule has 0 bridgehead atoms. The largest absolute Gasteiger partial charge is 0.388 e. The molecule has 1 aliphatic carbocycles. The third-order valence-corrected chi connectivity index (χ3v) is 4.94. The van der Waals surface area contributed by atoms with Crippen LogP contribution in [0.1, 0.15) is 49.1 Å². The average Bonchev–Trinajstić information content (AvgIpc) is 3.06. The van der Waals surface area contributed by atoms with E-state index in [1.807, 2.05) is 36.4 Å². The summed E-state index contributed by atoms with van der Waals surface area (Å²) in [7, 11) is 0. The van der Waals surface area contributed by atoms with Crippen LogP contribution in [0.25, 0.3) is 0 Å².